The number of primary amides is 1. The highest BCUT2D eigenvalue weighted by molar-refractivity contribution is 9.10. The normalized spacial score (nSPS) is 18.8. The fraction of sp³-hybridized carbons (Fsp3) is 0.556. The van der Waals surface area contributed by atoms with Crippen molar-refractivity contribution in [3.8, 4) is 0 Å². The molecule has 2 N–H and O–H groups in total. The van der Waals surface area contributed by atoms with Gasteiger partial charge in [-0.25, -0.2) is 4.39 Å². The number of likely N-dealkylation sites (tertiary alicyclic amines) is 1. The van der Waals surface area contributed by atoms with Crippen LogP contribution in [0.3, 0.4) is 0 Å². The number of nitrogens with two attached hydrogens (primary N) is 1. The Morgan fingerprint density at radius 1 is 1.04 bits per heavy atom. The predicted molar refractivity (Wildman–Crippen MR) is 102 cm³/mol. The molecule has 8 heteroatoms. The molecule has 0 unspecified atom stereocenters. The van der Waals surface area contributed by atoms with Crippen LogP contribution in [0.1, 0.15) is 29.6 Å². The lowest BCUT2D eigenvalue weighted by atomic mass is 10.1. The van der Waals surface area contributed by atoms with Crippen LogP contribution in [0.15, 0.2) is 16.6 Å². The van der Waals surface area contributed by atoms with E-state index in [4.69, 9.17) is 5.73 Å². The fourth-order valence-corrected chi connectivity index (χ4v) is 4.05. The number of amides is 2. The first kappa shape index (κ1) is 19.1. The van der Waals surface area contributed by atoms with Gasteiger partial charge in [-0.2, -0.15) is 0 Å². The van der Waals surface area contributed by atoms with Gasteiger partial charge in [-0.15, -0.1) is 0 Å². The van der Waals surface area contributed by atoms with Gasteiger partial charge >= 0.3 is 0 Å². The van der Waals surface area contributed by atoms with Crippen molar-refractivity contribution in [1.82, 2.24) is 9.80 Å². The van der Waals surface area contributed by atoms with Gasteiger partial charge in [-0.3, -0.25) is 14.5 Å². The Balaban J connectivity index is 1.62. The first-order valence-electron chi connectivity index (χ1n) is 8.99. The summed E-state index contributed by atoms with van der Waals surface area (Å²) in [5, 5.41) is 0. The average Bonchev–Trinajstić information content (AvgIpc) is 2.62. The summed E-state index contributed by atoms with van der Waals surface area (Å²) in [6, 6.07) is 2.97. The van der Waals surface area contributed by atoms with E-state index in [-0.39, 0.29) is 11.5 Å². The van der Waals surface area contributed by atoms with Gasteiger partial charge in [0.05, 0.1) is 17.8 Å². The Morgan fingerprint density at radius 2 is 1.69 bits per heavy atom. The number of rotatable bonds is 4. The van der Waals surface area contributed by atoms with E-state index in [0.29, 0.717) is 42.9 Å². The van der Waals surface area contributed by atoms with Crippen LogP contribution in [0, 0.1) is 5.82 Å². The van der Waals surface area contributed by atoms with Crippen LogP contribution in [0.5, 0.6) is 0 Å². The van der Waals surface area contributed by atoms with Crippen LogP contribution in [-0.2, 0) is 4.79 Å². The molecule has 2 aliphatic rings. The number of piperidine rings is 1. The molecule has 2 heterocycles. The molecule has 1 aromatic carbocycles. The number of carbonyl (C=O) groups excluding carboxylic acids is 2. The number of carbonyl (C=O) groups is 2. The minimum Gasteiger partial charge on any atom is -0.368 e. The van der Waals surface area contributed by atoms with Gasteiger partial charge in [0.2, 0.25) is 5.91 Å². The van der Waals surface area contributed by atoms with Crippen molar-refractivity contribution in [1.29, 1.82) is 0 Å². The summed E-state index contributed by atoms with van der Waals surface area (Å²) in [6.45, 7) is 4.74. The maximum absolute atomic E-state index is 14.2. The molecule has 26 heavy (non-hydrogen) atoms. The molecular weight excluding hydrogens is 403 g/mol. The molecule has 2 aliphatic heterocycles. The highest BCUT2D eigenvalue weighted by Crippen LogP contribution is 2.28. The topological polar surface area (TPSA) is 69.9 Å². The number of hydrogen-bond donors (Lipinski definition) is 1. The molecule has 0 radical (unpaired) electrons. The molecule has 2 amide bonds. The summed E-state index contributed by atoms with van der Waals surface area (Å²) in [6.07, 6.45) is 3.38. The molecule has 142 valence electrons. The monoisotopic (exact) mass is 426 g/mol. The van der Waals surface area contributed by atoms with E-state index in [1.807, 2.05) is 9.80 Å². The van der Waals surface area contributed by atoms with Gasteiger partial charge in [-0.1, -0.05) is 15.9 Å². The summed E-state index contributed by atoms with van der Waals surface area (Å²) in [5.41, 5.74) is 5.79. The van der Waals surface area contributed by atoms with Crippen molar-refractivity contribution >= 4 is 33.4 Å². The number of hydrogen-bond acceptors (Lipinski definition) is 4. The Labute approximate surface area is 161 Å². The van der Waals surface area contributed by atoms with Gasteiger partial charge < -0.3 is 15.5 Å². The first-order valence-corrected chi connectivity index (χ1v) is 9.79. The van der Waals surface area contributed by atoms with Gasteiger partial charge in [-0.05, 0) is 31.4 Å². The summed E-state index contributed by atoms with van der Waals surface area (Å²) < 4.78 is 14.7. The van der Waals surface area contributed by atoms with E-state index >= 15 is 0 Å². The van der Waals surface area contributed by atoms with E-state index < -0.39 is 11.7 Å². The van der Waals surface area contributed by atoms with Crippen LogP contribution in [-0.4, -0.2) is 67.4 Å². The number of nitrogens with zero attached hydrogens (tertiary/aromatic N) is 3. The van der Waals surface area contributed by atoms with Crippen molar-refractivity contribution in [2.45, 2.75) is 19.3 Å². The molecule has 3 rings (SSSR count). The highest BCUT2D eigenvalue weighted by Gasteiger charge is 2.26. The summed E-state index contributed by atoms with van der Waals surface area (Å²) in [4.78, 5) is 30.1. The van der Waals surface area contributed by atoms with Crippen molar-refractivity contribution in [3.05, 3.63) is 28.0 Å². The third-order valence-electron chi connectivity index (χ3n) is 5.06. The van der Waals surface area contributed by atoms with Gasteiger partial charge in [0, 0.05) is 43.7 Å². The molecule has 0 atom stereocenters. The number of benzene rings is 1. The fourth-order valence-electron chi connectivity index (χ4n) is 3.63. The Hall–Kier alpha value is -1.67. The van der Waals surface area contributed by atoms with E-state index in [1.165, 1.54) is 12.5 Å². The second-order valence-electron chi connectivity index (χ2n) is 6.85. The average molecular weight is 427 g/mol. The van der Waals surface area contributed by atoms with Crippen LogP contribution < -0.4 is 10.6 Å². The lowest BCUT2D eigenvalue weighted by molar-refractivity contribution is -0.133. The third-order valence-corrected chi connectivity index (χ3v) is 5.52. The van der Waals surface area contributed by atoms with Crippen LogP contribution in [0.25, 0.3) is 0 Å². The van der Waals surface area contributed by atoms with E-state index in [2.05, 4.69) is 20.8 Å². The van der Waals surface area contributed by atoms with Gasteiger partial charge in [0.15, 0.2) is 0 Å². The third kappa shape index (κ3) is 4.35. The summed E-state index contributed by atoms with van der Waals surface area (Å²) >= 11 is 3.27. The standard InChI is InChI=1S/C18H24BrFN4O2/c19-13-10-14(20)17(18(21)26)15(11-13)23-8-6-22(7-9-23)12-16(25)24-4-2-1-3-5-24/h10-11H,1-9,12H2,(H2,21,26). The zero-order chi connectivity index (χ0) is 18.7. The number of piperazine rings is 1. The molecule has 0 saturated carbocycles. The molecule has 2 saturated heterocycles. The van der Waals surface area contributed by atoms with E-state index in [1.54, 1.807) is 6.07 Å². The Morgan fingerprint density at radius 3 is 2.31 bits per heavy atom. The summed E-state index contributed by atoms with van der Waals surface area (Å²) in [7, 11) is 0. The van der Waals surface area contributed by atoms with Crippen LogP contribution >= 0.6 is 15.9 Å². The quantitative estimate of drug-likeness (QED) is 0.796. The molecule has 0 spiro atoms. The molecule has 1 aromatic rings. The minimum absolute atomic E-state index is 0.0777. The molecule has 0 aromatic heterocycles. The van der Waals surface area contributed by atoms with E-state index in [0.717, 1.165) is 25.9 Å². The first-order chi connectivity index (χ1) is 12.5. The van der Waals surface area contributed by atoms with Crippen molar-refractivity contribution in [3.63, 3.8) is 0 Å². The maximum Gasteiger partial charge on any atom is 0.253 e. The van der Waals surface area contributed by atoms with Gasteiger partial charge in [0.1, 0.15) is 5.82 Å². The molecule has 0 aliphatic carbocycles. The van der Waals surface area contributed by atoms with Crippen molar-refractivity contribution in [2.24, 2.45) is 5.73 Å². The van der Waals surface area contributed by atoms with Crippen molar-refractivity contribution in [2.75, 3.05) is 50.7 Å². The second-order valence-corrected chi connectivity index (χ2v) is 7.77. The molecule has 6 nitrogen and oxygen atoms in total. The Kier molecular flexibility index (Phi) is 6.13. The zero-order valence-electron chi connectivity index (χ0n) is 14.7. The molecule has 2 fully saturated rings. The van der Waals surface area contributed by atoms with Crippen LogP contribution in [0.4, 0.5) is 10.1 Å². The zero-order valence-corrected chi connectivity index (χ0v) is 16.3. The second kappa shape index (κ2) is 8.35. The van der Waals surface area contributed by atoms with Crippen molar-refractivity contribution < 1.29 is 14.0 Å². The number of anilines is 1. The lowest BCUT2D eigenvalue weighted by Crippen LogP contribution is -2.51. The SMILES string of the molecule is NC(=O)c1c(F)cc(Br)cc1N1CCN(CC(=O)N2CCCCC2)CC1. The molecule has 0 bridgehead atoms. The molecular formula is C18H24BrFN4O2. The van der Waals surface area contributed by atoms with Gasteiger partial charge in [0.25, 0.3) is 5.91 Å². The smallest absolute Gasteiger partial charge is 0.253 e. The van der Waals surface area contributed by atoms with Crippen LogP contribution in [0.2, 0.25) is 0 Å². The largest absolute Gasteiger partial charge is 0.368 e. The highest BCUT2D eigenvalue weighted by atomic mass is 79.9. The predicted octanol–water partition coefficient (Wildman–Crippen LogP) is 1.82. The van der Waals surface area contributed by atoms with E-state index in [9.17, 15) is 14.0 Å². The number of halogens is 2. The minimum atomic E-state index is -0.771. The summed E-state index contributed by atoms with van der Waals surface area (Å²) in [5.74, 6) is -1.21. The maximum atomic E-state index is 14.2. The lowest BCUT2D eigenvalue weighted by Gasteiger charge is -2.37. The Bertz CT molecular complexity index is 686.